The Morgan fingerprint density at radius 1 is 0.889 bits per heavy atom. The van der Waals surface area contributed by atoms with Crippen molar-refractivity contribution < 1.29 is 0 Å². The van der Waals surface area contributed by atoms with Crippen molar-refractivity contribution in [1.82, 2.24) is 0 Å². The molecule has 0 radical (unpaired) electrons. The second-order valence-corrected chi connectivity index (χ2v) is 4.91. The van der Waals surface area contributed by atoms with Crippen molar-refractivity contribution in [2.24, 2.45) is 5.73 Å². The molecule has 1 saturated heterocycles. The molecule has 0 bridgehead atoms. The van der Waals surface area contributed by atoms with Gasteiger partial charge in [0.2, 0.25) is 0 Å². The molecule has 2 nitrogen and oxygen atoms in total. The largest absolute Gasteiger partial charge is 0.370 e. The molecule has 1 heterocycles. The van der Waals surface area contributed by atoms with E-state index in [2.05, 4.69) is 53.4 Å². The number of anilines is 1. The highest BCUT2D eigenvalue weighted by atomic mass is 15.2. The van der Waals surface area contributed by atoms with Crippen molar-refractivity contribution >= 4 is 5.69 Å². The van der Waals surface area contributed by atoms with Crippen LogP contribution in [-0.4, -0.2) is 19.1 Å². The van der Waals surface area contributed by atoms with Crippen LogP contribution in [0, 0.1) is 0 Å². The maximum Gasteiger partial charge on any atom is 0.0367 e. The highest BCUT2D eigenvalue weighted by molar-refractivity contribution is 5.66. The molecule has 3 rings (SSSR count). The summed E-state index contributed by atoms with van der Waals surface area (Å²) in [6, 6.07) is 19.6. The first-order chi connectivity index (χ1) is 8.83. The Kier molecular flexibility index (Phi) is 3.03. The van der Waals surface area contributed by atoms with E-state index >= 15 is 0 Å². The topological polar surface area (TPSA) is 29.3 Å². The zero-order valence-electron chi connectivity index (χ0n) is 10.4. The minimum absolute atomic E-state index is 0.332. The number of hydrogen-bond acceptors (Lipinski definition) is 2. The van der Waals surface area contributed by atoms with Crippen molar-refractivity contribution in [2.75, 3.05) is 18.0 Å². The van der Waals surface area contributed by atoms with Gasteiger partial charge in [0.05, 0.1) is 0 Å². The van der Waals surface area contributed by atoms with Crippen LogP contribution in [0.3, 0.4) is 0 Å². The molecule has 1 aliphatic rings. The number of nitrogens with two attached hydrogens (primary N) is 1. The number of benzene rings is 2. The summed E-state index contributed by atoms with van der Waals surface area (Å²) >= 11 is 0. The Hall–Kier alpha value is -1.80. The SMILES string of the molecule is NC1CCN(c2ccc(-c3ccccc3)cc2)C1. The van der Waals surface area contributed by atoms with Gasteiger partial charge in [-0.25, -0.2) is 0 Å². The predicted octanol–water partition coefficient (Wildman–Crippen LogP) is 2.89. The van der Waals surface area contributed by atoms with E-state index in [9.17, 15) is 0 Å². The third-order valence-corrected chi connectivity index (χ3v) is 3.56. The Labute approximate surface area is 108 Å². The second-order valence-electron chi connectivity index (χ2n) is 4.91. The maximum absolute atomic E-state index is 5.94. The summed E-state index contributed by atoms with van der Waals surface area (Å²) in [7, 11) is 0. The first-order valence-electron chi connectivity index (χ1n) is 6.49. The molecule has 2 heteroatoms. The average molecular weight is 238 g/mol. The number of nitrogens with zero attached hydrogens (tertiary/aromatic N) is 1. The van der Waals surface area contributed by atoms with Gasteiger partial charge in [-0.2, -0.15) is 0 Å². The smallest absolute Gasteiger partial charge is 0.0367 e. The fourth-order valence-electron chi connectivity index (χ4n) is 2.52. The van der Waals surface area contributed by atoms with E-state index in [4.69, 9.17) is 5.73 Å². The molecule has 1 atom stereocenters. The lowest BCUT2D eigenvalue weighted by Crippen LogP contribution is -2.26. The Morgan fingerprint density at radius 2 is 1.56 bits per heavy atom. The summed E-state index contributed by atoms with van der Waals surface area (Å²) in [5, 5.41) is 0. The molecule has 18 heavy (non-hydrogen) atoms. The lowest BCUT2D eigenvalue weighted by Gasteiger charge is -2.18. The summed E-state index contributed by atoms with van der Waals surface area (Å²) < 4.78 is 0. The quantitative estimate of drug-likeness (QED) is 0.871. The van der Waals surface area contributed by atoms with Crippen LogP contribution in [0.15, 0.2) is 54.6 Å². The Balaban J connectivity index is 1.81. The summed E-state index contributed by atoms with van der Waals surface area (Å²) in [4.78, 5) is 2.36. The molecular formula is C16H18N2. The van der Waals surface area contributed by atoms with Crippen molar-refractivity contribution in [3.8, 4) is 11.1 Å². The Bertz CT molecular complexity index is 504. The molecule has 0 spiro atoms. The molecule has 2 aromatic rings. The summed E-state index contributed by atoms with van der Waals surface area (Å²) in [5.74, 6) is 0. The maximum atomic E-state index is 5.94. The Morgan fingerprint density at radius 3 is 2.17 bits per heavy atom. The van der Waals surface area contributed by atoms with Crippen molar-refractivity contribution in [3.63, 3.8) is 0 Å². The molecule has 2 N–H and O–H groups in total. The van der Waals surface area contributed by atoms with E-state index in [0.29, 0.717) is 6.04 Å². The molecule has 0 aliphatic carbocycles. The van der Waals surface area contributed by atoms with Gasteiger partial charge in [-0.3, -0.25) is 0 Å². The van der Waals surface area contributed by atoms with Crippen LogP contribution in [0.5, 0.6) is 0 Å². The van der Waals surface area contributed by atoms with E-state index in [1.165, 1.54) is 16.8 Å². The molecule has 1 aliphatic heterocycles. The monoisotopic (exact) mass is 238 g/mol. The van der Waals surface area contributed by atoms with E-state index in [-0.39, 0.29) is 0 Å². The van der Waals surface area contributed by atoms with Crippen LogP contribution < -0.4 is 10.6 Å². The fraction of sp³-hybridized carbons (Fsp3) is 0.250. The van der Waals surface area contributed by atoms with E-state index in [0.717, 1.165) is 19.5 Å². The van der Waals surface area contributed by atoms with Gasteiger partial charge in [0, 0.05) is 24.8 Å². The van der Waals surface area contributed by atoms with E-state index < -0.39 is 0 Å². The van der Waals surface area contributed by atoms with Gasteiger partial charge < -0.3 is 10.6 Å². The molecule has 0 amide bonds. The van der Waals surface area contributed by atoms with Crippen molar-refractivity contribution in [1.29, 1.82) is 0 Å². The molecular weight excluding hydrogens is 220 g/mol. The zero-order valence-corrected chi connectivity index (χ0v) is 10.4. The summed E-state index contributed by atoms with van der Waals surface area (Å²) in [5.41, 5.74) is 9.75. The standard InChI is InChI=1S/C16H18N2/c17-15-10-11-18(12-15)16-8-6-14(7-9-16)13-4-2-1-3-5-13/h1-9,15H,10-12,17H2. The van der Waals surface area contributed by atoms with Crippen LogP contribution in [0.1, 0.15) is 6.42 Å². The van der Waals surface area contributed by atoms with Crippen LogP contribution in [0.25, 0.3) is 11.1 Å². The molecule has 1 unspecified atom stereocenters. The minimum atomic E-state index is 0.332. The highest BCUT2D eigenvalue weighted by Crippen LogP contribution is 2.24. The number of hydrogen-bond donors (Lipinski definition) is 1. The van der Waals surface area contributed by atoms with Crippen molar-refractivity contribution in [3.05, 3.63) is 54.6 Å². The van der Waals surface area contributed by atoms with Gasteiger partial charge in [0.25, 0.3) is 0 Å². The minimum Gasteiger partial charge on any atom is -0.370 e. The molecule has 92 valence electrons. The molecule has 2 aromatic carbocycles. The average Bonchev–Trinajstić information content (AvgIpc) is 2.87. The van der Waals surface area contributed by atoms with Crippen LogP contribution in [0.2, 0.25) is 0 Å². The third kappa shape index (κ3) is 2.24. The first-order valence-corrected chi connectivity index (χ1v) is 6.49. The molecule has 0 aromatic heterocycles. The summed E-state index contributed by atoms with van der Waals surface area (Å²) in [6.07, 6.45) is 1.10. The van der Waals surface area contributed by atoms with Crippen molar-refractivity contribution in [2.45, 2.75) is 12.5 Å². The van der Waals surface area contributed by atoms with E-state index in [1.807, 2.05) is 6.07 Å². The van der Waals surface area contributed by atoms with Crippen LogP contribution in [-0.2, 0) is 0 Å². The normalized spacial score (nSPS) is 19.2. The number of rotatable bonds is 2. The summed E-state index contributed by atoms with van der Waals surface area (Å²) in [6.45, 7) is 2.05. The lowest BCUT2D eigenvalue weighted by atomic mass is 10.1. The van der Waals surface area contributed by atoms with Gasteiger partial charge in [-0.05, 0) is 29.7 Å². The predicted molar refractivity (Wildman–Crippen MR) is 76.7 cm³/mol. The first kappa shape index (κ1) is 11.3. The molecule has 1 fully saturated rings. The van der Waals surface area contributed by atoms with Gasteiger partial charge in [-0.1, -0.05) is 42.5 Å². The van der Waals surface area contributed by atoms with Gasteiger partial charge in [0.15, 0.2) is 0 Å². The fourth-order valence-corrected chi connectivity index (χ4v) is 2.52. The van der Waals surface area contributed by atoms with Crippen LogP contribution >= 0.6 is 0 Å². The zero-order chi connectivity index (χ0) is 12.4. The van der Waals surface area contributed by atoms with Gasteiger partial charge in [0.1, 0.15) is 0 Å². The van der Waals surface area contributed by atoms with Gasteiger partial charge in [-0.15, -0.1) is 0 Å². The second kappa shape index (κ2) is 4.83. The van der Waals surface area contributed by atoms with E-state index in [1.54, 1.807) is 0 Å². The highest BCUT2D eigenvalue weighted by Gasteiger charge is 2.18. The van der Waals surface area contributed by atoms with Gasteiger partial charge >= 0.3 is 0 Å². The van der Waals surface area contributed by atoms with Crippen LogP contribution in [0.4, 0.5) is 5.69 Å². The molecule has 0 saturated carbocycles. The third-order valence-electron chi connectivity index (χ3n) is 3.56. The lowest BCUT2D eigenvalue weighted by molar-refractivity contribution is 0.752.